The number of hydrogen-bond acceptors (Lipinski definition) is 3. The van der Waals surface area contributed by atoms with E-state index < -0.39 is 0 Å². The van der Waals surface area contributed by atoms with E-state index in [0.717, 1.165) is 23.1 Å². The van der Waals surface area contributed by atoms with Crippen molar-refractivity contribution in [3.8, 4) is 0 Å². The second kappa shape index (κ2) is 8.51. The minimum atomic E-state index is -0.111. The lowest BCUT2D eigenvalue weighted by Crippen LogP contribution is -2.21. The van der Waals surface area contributed by atoms with Gasteiger partial charge in [-0.2, -0.15) is 0 Å². The van der Waals surface area contributed by atoms with E-state index in [0.29, 0.717) is 13.2 Å². The van der Waals surface area contributed by atoms with Crippen LogP contribution in [-0.4, -0.2) is 26.0 Å². The van der Waals surface area contributed by atoms with Gasteiger partial charge in [0.2, 0.25) is 0 Å². The van der Waals surface area contributed by atoms with Crippen LogP contribution in [0.25, 0.3) is 0 Å². The summed E-state index contributed by atoms with van der Waals surface area (Å²) in [5.74, 6) is 0. The molecular formula is C14H22BrNO2. The van der Waals surface area contributed by atoms with Gasteiger partial charge in [-0.25, -0.2) is 0 Å². The van der Waals surface area contributed by atoms with Crippen LogP contribution in [-0.2, 0) is 9.47 Å². The average Bonchev–Trinajstić information content (AvgIpc) is 2.35. The quantitative estimate of drug-likeness (QED) is 0.737. The molecule has 0 aromatic heterocycles. The van der Waals surface area contributed by atoms with Gasteiger partial charge in [-0.05, 0) is 38.5 Å². The van der Waals surface area contributed by atoms with E-state index >= 15 is 0 Å². The molecule has 0 atom stereocenters. The molecule has 0 saturated heterocycles. The van der Waals surface area contributed by atoms with E-state index in [2.05, 4.69) is 34.2 Å². The lowest BCUT2D eigenvalue weighted by Gasteiger charge is -2.18. The second-order valence-corrected chi connectivity index (χ2v) is 4.82. The van der Waals surface area contributed by atoms with E-state index in [-0.39, 0.29) is 6.29 Å². The van der Waals surface area contributed by atoms with Crippen LogP contribution in [0, 0.1) is 6.92 Å². The van der Waals surface area contributed by atoms with Gasteiger partial charge < -0.3 is 14.8 Å². The molecule has 0 spiro atoms. The normalized spacial score (nSPS) is 10.9. The molecule has 18 heavy (non-hydrogen) atoms. The third-order valence-electron chi connectivity index (χ3n) is 2.67. The summed E-state index contributed by atoms with van der Waals surface area (Å²) in [4.78, 5) is 0. The van der Waals surface area contributed by atoms with Gasteiger partial charge in [-0.3, -0.25) is 0 Å². The summed E-state index contributed by atoms with van der Waals surface area (Å²) in [6.45, 7) is 8.26. The summed E-state index contributed by atoms with van der Waals surface area (Å²) in [5, 5.41) is 3.41. The molecule has 0 heterocycles. The zero-order valence-electron chi connectivity index (χ0n) is 11.3. The summed E-state index contributed by atoms with van der Waals surface area (Å²) in [6.07, 6.45) is 0.730. The standard InChI is InChI=1S/C14H22BrNO2/c1-4-17-14(18-5-2)9-10-16-13-8-6-7-12(15)11(13)3/h6-8,14,16H,4-5,9-10H2,1-3H3. The number of benzene rings is 1. The van der Waals surface area contributed by atoms with E-state index in [1.54, 1.807) is 0 Å². The van der Waals surface area contributed by atoms with E-state index in [9.17, 15) is 0 Å². The lowest BCUT2D eigenvalue weighted by atomic mass is 10.2. The fraction of sp³-hybridized carbons (Fsp3) is 0.571. The molecular weight excluding hydrogens is 294 g/mol. The Hall–Kier alpha value is -0.580. The van der Waals surface area contributed by atoms with Gasteiger partial charge in [0.05, 0.1) is 0 Å². The number of halogens is 1. The maximum Gasteiger partial charge on any atom is 0.159 e. The molecule has 0 radical (unpaired) electrons. The van der Waals surface area contributed by atoms with Crippen molar-refractivity contribution in [2.45, 2.75) is 33.5 Å². The number of hydrogen-bond donors (Lipinski definition) is 1. The van der Waals surface area contributed by atoms with E-state index in [1.807, 2.05) is 26.0 Å². The summed E-state index contributed by atoms with van der Waals surface area (Å²) in [7, 11) is 0. The van der Waals surface area contributed by atoms with Crippen LogP contribution in [0.4, 0.5) is 5.69 Å². The summed E-state index contributed by atoms with van der Waals surface area (Å²) >= 11 is 3.53. The highest BCUT2D eigenvalue weighted by Gasteiger charge is 2.08. The molecule has 1 N–H and O–H groups in total. The summed E-state index contributed by atoms with van der Waals surface area (Å²) in [6, 6.07) is 6.15. The Balaban J connectivity index is 2.42. The molecule has 1 aromatic carbocycles. The highest BCUT2D eigenvalue weighted by Crippen LogP contribution is 2.23. The largest absolute Gasteiger partial charge is 0.385 e. The zero-order chi connectivity index (χ0) is 13.4. The maximum atomic E-state index is 5.50. The summed E-state index contributed by atoms with van der Waals surface area (Å²) in [5.41, 5.74) is 2.37. The molecule has 0 aliphatic rings. The first-order valence-corrected chi connectivity index (χ1v) is 7.20. The number of ether oxygens (including phenoxy) is 2. The molecule has 0 amide bonds. The molecule has 3 nitrogen and oxygen atoms in total. The fourth-order valence-electron chi connectivity index (χ4n) is 1.71. The van der Waals surface area contributed by atoms with Crippen molar-refractivity contribution in [3.63, 3.8) is 0 Å². The van der Waals surface area contributed by atoms with Crippen LogP contribution < -0.4 is 5.32 Å². The average molecular weight is 316 g/mol. The predicted octanol–water partition coefficient (Wildman–Crippen LogP) is 3.96. The van der Waals surface area contributed by atoms with Crippen LogP contribution in [0.2, 0.25) is 0 Å². The number of nitrogens with one attached hydrogen (secondary N) is 1. The maximum absolute atomic E-state index is 5.50. The van der Waals surface area contributed by atoms with Gasteiger partial charge in [0.25, 0.3) is 0 Å². The van der Waals surface area contributed by atoms with Gasteiger partial charge >= 0.3 is 0 Å². The lowest BCUT2D eigenvalue weighted by molar-refractivity contribution is -0.137. The van der Waals surface area contributed by atoms with Crippen molar-refractivity contribution in [3.05, 3.63) is 28.2 Å². The van der Waals surface area contributed by atoms with Gasteiger partial charge in [0, 0.05) is 36.3 Å². The molecule has 0 aliphatic heterocycles. The minimum absolute atomic E-state index is 0.111. The van der Waals surface area contributed by atoms with E-state index in [1.165, 1.54) is 5.56 Å². The van der Waals surface area contributed by atoms with Crippen LogP contribution in [0.1, 0.15) is 25.8 Å². The highest BCUT2D eigenvalue weighted by atomic mass is 79.9. The Morgan fingerprint density at radius 2 is 1.89 bits per heavy atom. The predicted molar refractivity (Wildman–Crippen MR) is 79.0 cm³/mol. The number of anilines is 1. The van der Waals surface area contributed by atoms with Gasteiger partial charge in [-0.15, -0.1) is 0 Å². The van der Waals surface area contributed by atoms with Gasteiger partial charge in [-0.1, -0.05) is 22.0 Å². The first-order chi connectivity index (χ1) is 8.69. The SMILES string of the molecule is CCOC(CCNc1cccc(Br)c1C)OCC. The Morgan fingerprint density at radius 3 is 2.50 bits per heavy atom. The van der Waals surface area contributed by atoms with Crippen LogP contribution in [0.3, 0.4) is 0 Å². The number of rotatable bonds is 8. The molecule has 0 fully saturated rings. The highest BCUT2D eigenvalue weighted by molar-refractivity contribution is 9.10. The first kappa shape index (κ1) is 15.5. The first-order valence-electron chi connectivity index (χ1n) is 6.41. The Morgan fingerprint density at radius 1 is 1.22 bits per heavy atom. The van der Waals surface area contributed by atoms with Gasteiger partial charge in [0.1, 0.15) is 0 Å². The third kappa shape index (κ3) is 4.96. The topological polar surface area (TPSA) is 30.5 Å². The van der Waals surface area contributed by atoms with Crippen molar-refractivity contribution < 1.29 is 9.47 Å². The Bertz CT molecular complexity index is 352. The van der Waals surface area contributed by atoms with Crippen molar-refractivity contribution in [1.29, 1.82) is 0 Å². The van der Waals surface area contributed by atoms with Crippen LogP contribution in [0.5, 0.6) is 0 Å². The van der Waals surface area contributed by atoms with Crippen molar-refractivity contribution >= 4 is 21.6 Å². The fourth-order valence-corrected chi connectivity index (χ4v) is 2.08. The zero-order valence-corrected chi connectivity index (χ0v) is 12.9. The molecule has 1 rings (SSSR count). The second-order valence-electron chi connectivity index (χ2n) is 3.97. The minimum Gasteiger partial charge on any atom is -0.385 e. The van der Waals surface area contributed by atoms with Crippen LogP contribution in [0.15, 0.2) is 22.7 Å². The third-order valence-corrected chi connectivity index (χ3v) is 3.53. The van der Waals surface area contributed by atoms with Crippen molar-refractivity contribution in [1.82, 2.24) is 0 Å². The molecule has 0 aliphatic carbocycles. The Kier molecular flexibility index (Phi) is 7.32. The van der Waals surface area contributed by atoms with Crippen LogP contribution >= 0.6 is 15.9 Å². The smallest absolute Gasteiger partial charge is 0.159 e. The van der Waals surface area contributed by atoms with Crippen molar-refractivity contribution in [2.75, 3.05) is 25.1 Å². The van der Waals surface area contributed by atoms with Crippen molar-refractivity contribution in [2.24, 2.45) is 0 Å². The molecule has 0 saturated carbocycles. The molecule has 4 heteroatoms. The van der Waals surface area contributed by atoms with E-state index in [4.69, 9.17) is 9.47 Å². The molecule has 102 valence electrons. The van der Waals surface area contributed by atoms with Gasteiger partial charge in [0.15, 0.2) is 6.29 Å². The molecule has 0 bridgehead atoms. The Labute approximate surface area is 118 Å². The summed E-state index contributed by atoms with van der Waals surface area (Å²) < 4.78 is 12.1. The monoisotopic (exact) mass is 315 g/mol. The molecule has 1 aromatic rings. The molecule has 0 unspecified atom stereocenters.